The number of carbonyl (C=O) groups is 3. The Morgan fingerprint density at radius 2 is 1.71 bits per heavy atom. The Morgan fingerprint density at radius 3 is 2.32 bits per heavy atom. The Labute approximate surface area is 200 Å². The fourth-order valence-electron chi connectivity index (χ4n) is 5.07. The first-order valence-electron chi connectivity index (χ1n) is 12.0. The van der Waals surface area contributed by atoms with Crippen LogP contribution in [0.2, 0.25) is 0 Å². The van der Waals surface area contributed by atoms with Crippen molar-refractivity contribution in [1.29, 1.82) is 0 Å². The average molecular weight is 465 g/mol. The van der Waals surface area contributed by atoms with Crippen molar-refractivity contribution in [2.75, 3.05) is 13.2 Å². The largest absolute Gasteiger partial charge is 0.480 e. The van der Waals surface area contributed by atoms with Crippen LogP contribution in [0.5, 0.6) is 0 Å². The van der Waals surface area contributed by atoms with Gasteiger partial charge in [-0.15, -0.1) is 0 Å². The second-order valence-electron chi connectivity index (χ2n) is 9.48. The zero-order chi connectivity index (χ0) is 24.2. The summed E-state index contributed by atoms with van der Waals surface area (Å²) in [7, 11) is 0. The van der Waals surface area contributed by atoms with Crippen molar-refractivity contribution in [3.63, 3.8) is 0 Å². The van der Waals surface area contributed by atoms with E-state index in [2.05, 4.69) is 29.6 Å². The third-order valence-electron chi connectivity index (χ3n) is 6.97. The SMILES string of the molecule is CC1CCN(C(=O)CCC(C)NC(=O)OCC2c3ccccc3-c3ccccc32)C(C(=O)O)C1. The number of nitrogens with one attached hydrogen (secondary N) is 1. The topological polar surface area (TPSA) is 95.9 Å². The van der Waals surface area contributed by atoms with Crippen LogP contribution in [0.3, 0.4) is 0 Å². The Bertz CT molecular complexity index is 1020. The molecule has 1 fully saturated rings. The van der Waals surface area contributed by atoms with E-state index in [0.717, 1.165) is 17.5 Å². The van der Waals surface area contributed by atoms with Crippen molar-refractivity contribution < 1.29 is 24.2 Å². The number of ether oxygens (including phenoxy) is 1. The Balaban J connectivity index is 1.27. The molecule has 1 aliphatic carbocycles. The predicted octanol–water partition coefficient (Wildman–Crippen LogP) is 4.41. The summed E-state index contributed by atoms with van der Waals surface area (Å²) in [5.41, 5.74) is 4.65. The van der Waals surface area contributed by atoms with Gasteiger partial charge >= 0.3 is 12.1 Å². The summed E-state index contributed by atoms with van der Waals surface area (Å²) in [6, 6.07) is 15.3. The van der Waals surface area contributed by atoms with Crippen LogP contribution in [0.1, 0.15) is 56.6 Å². The number of likely N-dealkylation sites (tertiary alicyclic amines) is 1. The maximum Gasteiger partial charge on any atom is 0.407 e. The van der Waals surface area contributed by atoms with Crippen LogP contribution in [0.25, 0.3) is 11.1 Å². The third-order valence-corrected chi connectivity index (χ3v) is 6.97. The van der Waals surface area contributed by atoms with Crippen LogP contribution in [0.4, 0.5) is 4.79 Å². The normalized spacial score (nSPS) is 20.2. The molecule has 0 saturated carbocycles. The highest BCUT2D eigenvalue weighted by Gasteiger charge is 2.34. The van der Waals surface area contributed by atoms with Crippen molar-refractivity contribution in [2.45, 2.75) is 57.5 Å². The molecule has 0 aromatic heterocycles. The van der Waals surface area contributed by atoms with E-state index in [1.54, 1.807) is 0 Å². The lowest BCUT2D eigenvalue weighted by Gasteiger charge is -2.36. The van der Waals surface area contributed by atoms with Gasteiger partial charge in [0.1, 0.15) is 12.6 Å². The molecular weight excluding hydrogens is 432 g/mol. The highest BCUT2D eigenvalue weighted by atomic mass is 16.5. The van der Waals surface area contributed by atoms with Gasteiger partial charge in [-0.1, -0.05) is 55.5 Å². The highest BCUT2D eigenvalue weighted by Crippen LogP contribution is 2.44. The molecule has 7 nitrogen and oxygen atoms in total. The van der Waals surface area contributed by atoms with Gasteiger partial charge in [0.05, 0.1) is 0 Å². The van der Waals surface area contributed by atoms with Crippen molar-refractivity contribution in [3.05, 3.63) is 59.7 Å². The molecule has 1 heterocycles. The minimum Gasteiger partial charge on any atom is -0.480 e. The predicted molar refractivity (Wildman–Crippen MR) is 128 cm³/mol. The van der Waals surface area contributed by atoms with Crippen LogP contribution in [0, 0.1) is 5.92 Å². The van der Waals surface area contributed by atoms with Gasteiger partial charge in [-0.25, -0.2) is 9.59 Å². The second kappa shape index (κ2) is 10.3. The summed E-state index contributed by atoms with van der Waals surface area (Å²) in [5, 5.41) is 12.3. The number of carboxylic acids is 1. The number of rotatable bonds is 7. The molecule has 2 aromatic rings. The molecule has 1 saturated heterocycles. The minimum atomic E-state index is -0.954. The number of hydrogen-bond acceptors (Lipinski definition) is 4. The molecule has 1 aliphatic heterocycles. The Kier molecular flexibility index (Phi) is 7.20. The smallest absolute Gasteiger partial charge is 0.407 e. The summed E-state index contributed by atoms with van der Waals surface area (Å²) >= 11 is 0. The van der Waals surface area contributed by atoms with E-state index in [1.165, 1.54) is 16.0 Å². The van der Waals surface area contributed by atoms with Crippen molar-refractivity contribution in [1.82, 2.24) is 10.2 Å². The first-order chi connectivity index (χ1) is 16.3. The lowest BCUT2D eigenvalue weighted by atomic mass is 9.92. The van der Waals surface area contributed by atoms with E-state index in [-0.39, 0.29) is 30.9 Å². The fourth-order valence-corrected chi connectivity index (χ4v) is 5.07. The van der Waals surface area contributed by atoms with Gasteiger partial charge in [0.25, 0.3) is 0 Å². The zero-order valence-corrected chi connectivity index (χ0v) is 19.7. The number of hydrogen-bond donors (Lipinski definition) is 2. The number of carboxylic acid groups (broad SMARTS) is 1. The van der Waals surface area contributed by atoms with Crippen molar-refractivity contribution in [3.8, 4) is 11.1 Å². The summed E-state index contributed by atoms with van der Waals surface area (Å²) in [6.45, 7) is 4.53. The molecule has 4 rings (SSSR count). The molecule has 180 valence electrons. The van der Waals surface area contributed by atoms with E-state index in [9.17, 15) is 19.5 Å². The molecule has 3 unspecified atom stereocenters. The number of alkyl carbamates (subject to hydrolysis) is 1. The molecule has 34 heavy (non-hydrogen) atoms. The molecule has 2 aliphatic rings. The van der Waals surface area contributed by atoms with E-state index in [4.69, 9.17) is 4.74 Å². The lowest BCUT2D eigenvalue weighted by molar-refractivity contribution is -0.153. The number of aliphatic carboxylic acids is 1. The third kappa shape index (κ3) is 5.08. The van der Waals surface area contributed by atoms with Gasteiger partial charge in [0.15, 0.2) is 0 Å². The summed E-state index contributed by atoms with van der Waals surface area (Å²) in [6.07, 6.45) is 1.37. The summed E-state index contributed by atoms with van der Waals surface area (Å²) < 4.78 is 5.57. The number of amides is 2. The lowest BCUT2D eigenvalue weighted by Crippen LogP contribution is -2.50. The summed E-state index contributed by atoms with van der Waals surface area (Å²) in [4.78, 5) is 38.2. The van der Waals surface area contributed by atoms with E-state index < -0.39 is 18.1 Å². The van der Waals surface area contributed by atoms with Crippen LogP contribution >= 0.6 is 0 Å². The van der Waals surface area contributed by atoms with Crippen LogP contribution in [0.15, 0.2) is 48.5 Å². The summed E-state index contributed by atoms with van der Waals surface area (Å²) in [5.74, 6) is -0.853. The molecule has 2 aromatic carbocycles. The number of fused-ring (bicyclic) bond motifs is 3. The van der Waals surface area contributed by atoms with Crippen LogP contribution < -0.4 is 5.32 Å². The van der Waals surface area contributed by atoms with E-state index in [0.29, 0.717) is 25.3 Å². The van der Waals surface area contributed by atoms with Gasteiger partial charge in [0.2, 0.25) is 5.91 Å². The van der Waals surface area contributed by atoms with Gasteiger partial charge in [-0.3, -0.25) is 4.79 Å². The quantitative estimate of drug-likeness (QED) is 0.633. The molecular formula is C27H32N2O5. The molecule has 0 bridgehead atoms. The number of carbonyl (C=O) groups excluding carboxylic acids is 2. The van der Waals surface area contributed by atoms with Gasteiger partial charge in [-0.05, 0) is 54.4 Å². The maximum absolute atomic E-state index is 12.7. The standard InChI is InChI=1S/C27H32N2O5/c1-17-13-14-29(24(15-17)26(31)32)25(30)12-11-18(2)28-27(33)34-16-23-21-9-5-3-7-19(21)20-8-4-6-10-22(20)23/h3-10,17-18,23-24H,11-16H2,1-2H3,(H,28,33)(H,31,32). The average Bonchev–Trinajstić information content (AvgIpc) is 3.15. The van der Waals surface area contributed by atoms with Gasteiger partial charge in [0, 0.05) is 24.9 Å². The van der Waals surface area contributed by atoms with Crippen LogP contribution in [-0.4, -0.2) is 53.2 Å². The first-order valence-corrected chi connectivity index (χ1v) is 12.0. The number of piperidine rings is 1. The highest BCUT2D eigenvalue weighted by molar-refractivity contribution is 5.84. The maximum atomic E-state index is 12.7. The van der Waals surface area contributed by atoms with Gasteiger partial charge in [-0.2, -0.15) is 0 Å². The van der Waals surface area contributed by atoms with E-state index >= 15 is 0 Å². The van der Waals surface area contributed by atoms with Crippen molar-refractivity contribution >= 4 is 18.0 Å². The zero-order valence-electron chi connectivity index (χ0n) is 19.7. The van der Waals surface area contributed by atoms with Crippen molar-refractivity contribution in [2.24, 2.45) is 5.92 Å². The molecule has 2 N–H and O–H groups in total. The minimum absolute atomic E-state index is 0.00974. The molecule has 7 heteroatoms. The molecule has 3 atom stereocenters. The second-order valence-corrected chi connectivity index (χ2v) is 9.48. The molecule has 0 spiro atoms. The number of benzene rings is 2. The number of nitrogens with zero attached hydrogens (tertiary/aromatic N) is 1. The van der Waals surface area contributed by atoms with Crippen LogP contribution in [-0.2, 0) is 14.3 Å². The molecule has 0 radical (unpaired) electrons. The van der Waals surface area contributed by atoms with Gasteiger partial charge < -0.3 is 20.1 Å². The van der Waals surface area contributed by atoms with E-state index in [1.807, 2.05) is 38.1 Å². The Morgan fingerprint density at radius 1 is 1.09 bits per heavy atom. The molecule has 2 amide bonds. The first kappa shape index (κ1) is 23.8. The monoisotopic (exact) mass is 464 g/mol. The fraction of sp³-hybridized carbons (Fsp3) is 0.444. The Hall–Kier alpha value is -3.35.